The highest BCUT2D eigenvalue weighted by Gasteiger charge is 2.47. The van der Waals surface area contributed by atoms with E-state index in [1.807, 2.05) is 55.5 Å². The Morgan fingerprint density at radius 2 is 1.62 bits per heavy atom. The van der Waals surface area contributed by atoms with Crippen LogP contribution < -0.4 is 10.6 Å². The highest BCUT2D eigenvalue weighted by atomic mass is 16.6. The van der Waals surface area contributed by atoms with Crippen LogP contribution in [-0.2, 0) is 22.5 Å². The molecule has 1 saturated heterocycles. The molecule has 0 aliphatic carbocycles. The molecule has 202 valence electrons. The van der Waals surface area contributed by atoms with Gasteiger partial charge in [-0.1, -0.05) is 60.7 Å². The molecule has 0 spiro atoms. The van der Waals surface area contributed by atoms with E-state index < -0.39 is 18.2 Å². The topological polar surface area (TPSA) is 101 Å². The number of hydrogen-bond donors (Lipinski definition) is 2. The first-order chi connectivity index (χ1) is 19.5. The van der Waals surface area contributed by atoms with Gasteiger partial charge in [-0.15, -0.1) is 0 Å². The Morgan fingerprint density at radius 1 is 0.900 bits per heavy atom. The van der Waals surface area contributed by atoms with Gasteiger partial charge in [0.25, 0.3) is 5.91 Å². The van der Waals surface area contributed by atoms with Crippen LogP contribution in [0.2, 0.25) is 0 Å². The molecule has 1 fully saturated rings. The number of ether oxygens (including phenoxy) is 1. The number of aromatic nitrogens is 1. The van der Waals surface area contributed by atoms with Crippen LogP contribution in [0, 0.1) is 6.92 Å². The summed E-state index contributed by atoms with van der Waals surface area (Å²) in [5, 5.41) is 5.84. The summed E-state index contributed by atoms with van der Waals surface area (Å²) in [5.41, 5.74) is 4.61. The summed E-state index contributed by atoms with van der Waals surface area (Å²) in [6, 6.07) is 28.5. The second kappa shape index (κ2) is 12.3. The smallest absolute Gasteiger partial charge is 0.411 e. The molecule has 2 N–H and O–H groups in total. The van der Waals surface area contributed by atoms with Gasteiger partial charge in [-0.3, -0.25) is 19.5 Å². The minimum absolute atomic E-state index is 0.227. The van der Waals surface area contributed by atoms with Gasteiger partial charge in [-0.2, -0.15) is 0 Å². The number of benzene rings is 3. The van der Waals surface area contributed by atoms with Crippen molar-refractivity contribution in [2.75, 3.05) is 11.9 Å². The van der Waals surface area contributed by atoms with Crippen molar-refractivity contribution in [2.45, 2.75) is 32.0 Å². The zero-order valence-electron chi connectivity index (χ0n) is 22.1. The number of rotatable bonds is 9. The summed E-state index contributed by atoms with van der Waals surface area (Å²) in [5.74, 6) is -0.531. The predicted molar refractivity (Wildman–Crippen MR) is 152 cm³/mol. The third-order valence-corrected chi connectivity index (χ3v) is 6.89. The van der Waals surface area contributed by atoms with Crippen LogP contribution in [-0.4, -0.2) is 40.4 Å². The molecular weight excluding hydrogens is 504 g/mol. The molecular formula is C32H30N4O4. The van der Waals surface area contributed by atoms with Gasteiger partial charge in [-0.05, 0) is 60.0 Å². The monoisotopic (exact) mass is 534 g/mol. The number of pyridine rings is 1. The minimum atomic E-state index is -0.874. The molecule has 1 aromatic heterocycles. The number of nitrogens with zero attached hydrogens (tertiary/aromatic N) is 2. The van der Waals surface area contributed by atoms with Gasteiger partial charge in [-0.25, -0.2) is 4.79 Å². The maximum absolute atomic E-state index is 13.6. The molecule has 2 heterocycles. The SMILES string of the molecule is Cc1ccccc1CN1C(=O)O[C@H](c2ccc(NC(=O)c3ccccc3)cc2)[C@H]1C(=O)NCCc1ccccn1. The highest BCUT2D eigenvalue weighted by Crippen LogP contribution is 2.35. The van der Waals surface area contributed by atoms with E-state index in [-0.39, 0.29) is 18.4 Å². The molecule has 0 saturated carbocycles. The molecule has 2 atom stereocenters. The largest absolute Gasteiger partial charge is 0.438 e. The quantitative estimate of drug-likeness (QED) is 0.313. The lowest BCUT2D eigenvalue weighted by atomic mass is 9.99. The number of amides is 3. The lowest BCUT2D eigenvalue weighted by molar-refractivity contribution is -0.126. The molecule has 1 aliphatic heterocycles. The fourth-order valence-corrected chi connectivity index (χ4v) is 4.69. The number of anilines is 1. The predicted octanol–water partition coefficient (Wildman–Crippen LogP) is 5.06. The summed E-state index contributed by atoms with van der Waals surface area (Å²) in [6.07, 6.45) is 0.906. The van der Waals surface area contributed by atoms with Gasteiger partial charge in [0.15, 0.2) is 12.1 Å². The first-order valence-corrected chi connectivity index (χ1v) is 13.2. The van der Waals surface area contributed by atoms with Crippen LogP contribution >= 0.6 is 0 Å². The molecule has 8 heteroatoms. The van der Waals surface area contributed by atoms with E-state index in [9.17, 15) is 14.4 Å². The van der Waals surface area contributed by atoms with E-state index >= 15 is 0 Å². The molecule has 0 radical (unpaired) electrons. The van der Waals surface area contributed by atoms with Crippen LogP contribution in [0.25, 0.3) is 0 Å². The van der Waals surface area contributed by atoms with E-state index in [1.54, 1.807) is 54.7 Å². The second-order valence-corrected chi connectivity index (χ2v) is 9.61. The molecule has 3 amide bonds. The third kappa shape index (κ3) is 6.18. The van der Waals surface area contributed by atoms with E-state index in [4.69, 9.17) is 4.74 Å². The van der Waals surface area contributed by atoms with Crippen LogP contribution in [0.5, 0.6) is 0 Å². The van der Waals surface area contributed by atoms with Crippen LogP contribution in [0.4, 0.5) is 10.5 Å². The summed E-state index contributed by atoms with van der Waals surface area (Å²) < 4.78 is 5.79. The molecule has 1 aliphatic rings. The Labute approximate surface area is 233 Å². The summed E-state index contributed by atoms with van der Waals surface area (Å²) in [7, 11) is 0. The molecule has 5 rings (SSSR count). The Kier molecular flexibility index (Phi) is 8.15. The number of aryl methyl sites for hydroxylation is 1. The Hall–Kier alpha value is -4.98. The number of carbonyl (C=O) groups excluding carboxylic acids is 3. The average Bonchev–Trinajstić information content (AvgIpc) is 3.31. The van der Waals surface area contributed by atoms with Crippen LogP contribution in [0.3, 0.4) is 0 Å². The highest BCUT2D eigenvalue weighted by molar-refractivity contribution is 6.04. The lowest BCUT2D eigenvalue weighted by Gasteiger charge is -2.25. The Morgan fingerprint density at radius 3 is 2.35 bits per heavy atom. The minimum Gasteiger partial charge on any atom is -0.438 e. The molecule has 0 bridgehead atoms. The van der Waals surface area contributed by atoms with Gasteiger partial charge < -0.3 is 15.4 Å². The van der Waals surface area contributed by atoms with E-state index in [2.05, 4.69) is 15.6 Å². The van der Waals surface area contributed by atoms with Crippen LogP contribution in [0.1, 0.15) is 38.8 Å². The van der Waals surface area contributed by atoms with Gasteiger partial charge in [0.1, 0.15) is 0 Å². The molecule has 8 nitrogen and oxygen atoms in total. The van der Waals surface area contributed by atoms with Crippen molar-refractivity contribution in [3.8, 4) is 0 Å². The van der Waals surface area contributed by atoms with Gasteiger partial charge in [0.2, 0.25) is 5.91 Å². The summed E-state index contributed by atoms with van der Waals surface area (Å²) >= 11 is 0. The van der Waals surface area contributed by atoms with Crippen molar-refractivity contribution < 1.29 is 19.1 Å². The van der Waals surface area contributed by atoms with Crippen molar-refractivity contribution in [2.24, 2.45) is 0 Å². The van der Waals surface area contributed by atoms with E-state index in [0.29, 0.717) is 29.8 Å². The fraction of sp³-hybridized carbons (Fsp3) is 0.188. The van der Waals surface area contributed by atoms with E-state index in [0.717, 1.165) is 16.8 Å². The maximum atomic E-state index is 13.6. The summed E-state index contributed by atoms with van der Waals surface area (Å²) in [4.78, 5) is 45.0. The Balaban J connectivity index is 1.35. The van der Waals surface area contributed by atoms with Crippen molar-refractivity contribution in [3.05, 3.63) is 131 Å². The van der Waals surface area contributed by atoms with Crippen LogP contribution in [0.15, 0.2) is 103 Å². The normalized spacial score (nSPS) is 16.3. The number of nitrogens with one attached hydrogen (secondary N) is 2. The zero-order chi connectivity index (χ0) is 27.9. The average molecular weight is 535 g/mol. The van der Waals surface area contributed by atoms with Crippen molar-refractivity contribution in [1.82, 2.24) is 15.2 Å². The second-order valence-electron chi connectivity index (χ2n) is 9.61. The van der Waals surface area contributed by atoms with Gasteiger partial charge >= 0.3 is 6.09 Å². The molecule has 4 aromatic rings. The van der Waals surface area contributed by atoms with Crippen molar-refractivity contribution in [1.29, 1.82) is 0 Å². The van der Waals surface area contributed by atoms with Crippen molar-refractivity contribution in [3.63, 3.8) is 0 Å². The molecule has 40 heavy (non-hydrogen) atoms. The molecule has 3 aromatic carbocycles. The van der Waals surface area contributed by atoms with Gasteiger partial charge in [0, 0.05) is 36.1 Å². The first-order valence-electron chi connectivity index (χ1n) is 13.2. The van der Waals surface area contributed by atoms with Gasteiger partial charge in [0.05, 0.1) is 6.54 Å². The Bertz CT molecular complexity index is 1480. The summed E-state index contributed by atoms with van der Waals surface area (Å²) in [6.45, 7) is 2.58. The van der Waals surface area contributed by atoms with Crippen molar-refractivity contribution >= 4 is 23.6 Å². The fourth-order valence-electron chi connectivity index (χ4n) is 4.69. The van der Waals surface area contributed by atoms with E-state index in [1.165, 1.54) is 4.90 Å². The lowest BCUT2D eigenvalue weighted by Crippen LogP contribution is -2.46. The maximum Gasteiger partial charge on any atom is 0.411 e. The zero-order valence-corrected chi connectivity index (χ0v) is 22.1. The third-order valence-electron chi connectivity index (χ3n) is 6.89. The number of hydrogen-bond acceptors (Lipinski definition) is 5. The number of carbonyl (C=O) groups is 3. The standard InChI is InChI=1S/C32H30N4O4/c1-22-9-5-6-12-25(22)21-36-28(31(38)34-20-18-26-13-7-8-19-33-26)29(40-32(36)39)23-14-16-27(17-15-23)35-30(37)24-10-3-2-4-11-24/h2-17,19,28-29H,18,20-21H2,1H3,(H,34,38)(H,35,37)/t28-,29+/m0/s1. The number of cyclic esters (lactones) is 1. The first kappa shape index (κ1) is 26.6. The molecule has 0 unspecified atom stereocenters.